The molecule has 2 saturated heterocycles. The standard InChI is InChI=1S/C34H50O4/c1-7-29(31-21-37-31)11-9-15-35-33-23(3)17-27(18-24(33)4)13-14-28-19-25(5)34(26(6)20-28)36-16-10-12-30(8-2)32-22-38-32/h17-20,29-32H,7-16,21-22H2,1-6H3. The van der Waals surface area contributed by atoms with Gasteiger partial charge in [-0.25, -0.2) is 0 Å². The van der Waals surface area contributed by atoms with E-state index in [1.807, 2.05) is 0 Å². The second-order valence-electron chi connectivity index (χ2n) is 11.7. The predicted molar refractivity (Wildman–Crippen MR) is 156 cm³/mol. The minimum atomic E-state index is 0.505. The van der Waals surface area contributed by atoms with E-state index in [-0.39, 0.29) is 0 Å². The Balaban J connectivity index is 1.24. The van der Waals surface area contributed by atoms with Crippen LogP contribution in [-0.2, 0) is 22.3 Å². The average molecular weight is 523 g/mol. The lowest BCUT2D eigenvalue weighted by molar-refractivity contribution is 0.261. The van der Waals surface area contributed by atoms with Gasteiger partial charge < -0.3 is 18.9 Å². The van der Waals surface area contributed by atoms with Crippen molar-refractivity contribution in [1.82, 2.24) is 0 Å². The first-order chi connectivity index (χ1) is 18.4. The molecule has 0 radical (unpaired) electrons. The summed E-state index contributed by atoms with van der Waals surface area (Å²) in [6.45, 7) is 16.7. The van der Waals surface area contributed by atoms with Gasteiger partial charge in [-0.3, -0.25) is 0 Å². The Morgan fingerprint density at radius 2 is 1.00 bits per heavy atom. The minimum absolute atomic E-state index is 0.505. The molecule has 2 aromatic carbocycles. The van der Waals surface area contributed by atoms with Gasteiger partial charge >= 0.3 is 0 Å². The zero-order valence-corrected chi connectivity index (χ0v) is 24.7. The third kappa shape index (κ3) is 8.23. The summed E-state index contributed by atoms with van der Waals surface area (Å²) in [5, 5.41) is 0. The van der Waals surface area contributed by atoms with Crippen LogP contribution in [0.25, 0.3) is 0 Å². The number of epoxide rings is 2. The molecule has 4 unspecified atom stereocenters. The molecule has 0 bridgehead atoms. The monoisotopic (exact) mass is 522 g/mol. The molecule has 2 heterocycles. The first-order valence-electron chi connectivity index (χ1n) is 15.1. The number of ether oxygens (including phenoxy) is 4. The van der Waals surface area contributed by atoms with E-state index in [9.17, 15) is 0 Å². The van der Waals surface area contributed by atoms with Crippen molar-refractivity contribution < 1.29 is 18.9 Å². The number of rotatable bonds is 17. The Morgan fingerprint density at radius 1 is 0.658 bits per heavy atom. The second kappa shape index (κ2) is 13.8. The molecule has 2 aliphatic heterocycles. The van der Waals surface area contributed by atoms with E-state index >= 15 is 0 Å². The van der Waals surface area contributed by atoms with E-state index in [0.717, 1.165) is 63.6 Å². The molecule has 210 valence electrons. The highest BCUT2D eigenvalue weighted by Crippen LogP contribution is 2.31. The molecule has 0 N–H and O–H groups in total. The van der Waals surface area contributed by atoms with Crippen LogP contribution < -0.4 is 9.47 Å². The molecule has 4 rings (SSSR count). The van der Waals surface area contributed by atoms with Crippen molar-refractivity contribution in [2.45, 2.75) is 105 Å². The SMILES string of the molecule is CCC(CCCOc1c(C)cc(CCc2cc(C)c(OCCCC(CC)C3CO3)c(C)c2)cc1C)C1CO1. The smallest absolute Gasteiger partial charge is 0.125 e. The second-order valence-corrected chi connectivity index (χ2v) is 11.7. The largest absolute Gasteiger partial charge is 0.493 e. The molecular weight excluding hydrogens is 472 g/mol. The van der Waals surface area contributed by atoms with Crippen molar-refractivity contribution in [3.05, 3.63) is 57.6 Å². The molecule has 38 heavy (non-hydrogen) atoms. The fourth-order valence-corrected chi connectivity index (χ4v) is 6.11. The van der Waals surface area contributed by atoms with Gasteiger partial charge in [0.05, 0.1) is 38.6 Å². The number of benzene rings is 2. The van der Waals surface area contributed by atoms with Crippen LogP contribution >= 0.6 is 0 Å². The fourth-order valence-electron chi connectivity index (χ4n) is 6.11. The highest BCUT2D eigenvalue weighted by molar-refractivity contribution is 5.45. The van der Waals surface area contributed by atoms with Crippen LogP contribution in [0.2, 0.25) is 0 Å². The molecule has 2 fully saturated rings. The Hall–Kier alpha value is -2.04. The number of aryl methyl sites for hydroxylation is 6. The van der Waals surface area contributed by atoms with Crippen LogP contribution in [0.15, 0.2) is 24.3 Å². The molecule has 2 aliphatic rings. The first kappa shape index (κ1) is 29.0. The van der Waals surface area contributed by atoms with E-state index < -0.39 is 0 Å². The maximum Gasteiger partial charge on any atom is 0.125 e. The van der Waals surface area contributed by atoms with Gasteiger partial charge in [0.2, 0.25) is 0 Å². The van der Waals surface area contributed by atoms with E-state index in [4.69, 9.17) is 18.9 Å². The topological polar surface area (TPSA) is 43.5 Å². The molecule has 0 aromatic heterocycles. The quantitative estimate of drug-likeness (QED) is 0.157. The van der Waals surface area contributed by atoms with Crippen molar-refractivity contribution in [3.8, 4) is 11.5 Å². The molecule has 4 atom stereocenters. The fraction of sp³-hybridized carbons (Fsp3) is 0.647. The third-order valence-corrected chi connectivity index (χ3v) is 8.49. The van der Waals surface area contributed by atoms with Crippen LogP contribution in [0.3, 0.4) is 0 Å². The third-order valence-electron chi connectivity index (χ3n) is 8.49. The summed E-state index contributed by atoms with van der Waals surface area (Å²) < 4.78 is 23.5. The van der Waals surface area contributed by atoms with Gasteiger partial charge in [-0.1, -0.05) is 51.0 Å². The normalized spacial score (nSPS) is 19.7. The molecule has 2 aromatic rings. The number of hydrogen-bond donors (Lipinski definition) is 0. The molecule has 0 aliphatic carbocycles. The Kier molecular flexibility index (Phi) is 10.6. The number of hydrogen-bond acceptors (Lipinski definition) is 4. The lowest BCUT2D eigenvalue weighted by atomic mass is 9.97. The molecule has 4 nitrogen and oxygen atoms in total. The maximum absolute atomic E-state index is 6.24. The summed E-state index contributed by atoms with van der Waals surface area (Å²) in [5.74, 6) is 3.51. The highest BCUT2D eigenvalue weighted by Gasteiger charge is 2.31. The molecular formula is C34H50O4. The van der Waals surface area contributed by atoms with Gasteiger partial charge in [0, 0.05) is 0 Å². The van der Waals surface area contributed by atoms with E-state index in [1.165, 1.54) is 59.1 Å². The summed E-state index contributed by atoms with van der Waals surface area (Å²) in [4.78, 5) is 0. The van der Waals surface area contributed by atoms with Crippen molar-refractivity contribution in [3.63, 3.8) is 0 Å². The van der Waals surface area contributed by atoms with Gasteiger partial charge in [0.1, 0.15) is 11.5 Å². The highest BCUT2D eigenvalue weighted by atomic mass is 16.6. The summed E-state index contributed by atoms with van der Waals surface area (Å²) in [6, 6.07) is 9.23. The predicted octanol–water partition coefficient (Wildman–Crippen LogP) is 7.87. The summed E-state index contributed by atoms with van der Waals surface area (Å²) in [6.07, 6.45) is 10.0. The first-order valence-corrected chi connectivity index (χ1v) is 15.1. The summed E-state index contributed by atoms with van der Waals surface area (Å²) in [5.41, 5.74) is 7.73. The zero-order chi connectivity index (χ0) is 27.1. The Labute approximate surface area is 231 Å². The minimum Gasteiger partial charge on any atom is -0.493 e. The molecule has 0 amide bonds. The van der Waals surface area contributed by atoms with Crippen molar-refractivity contribution in [2.75, 3.05) is 26.4 Å². The summed E-state index contributed by atoms with van der Waals surface area (Å²) >= 11 is 0. The van der Waals surface area contributed by atoms with E-state index in [1.54, 1.807) is 0 Å². The zero-order valence-electron chi connectivity index (χ0n) is 24.7. The van der Waals surface area contributed by atoms with Crippen molar-refractivity contribution in [1.29, 1.82) is 0 Å². The average Bonchev–Trinajstić information content (AvgIpc) is 3.79. The summed E-state index contributed by atoms with van der Waals surface area (Å²) in [7, 11) is 0. The molecule has 4 heteroatoms. The van der Waals surface area contributed by atoms with Crippen molar-refractivity contribution in [2.24, 2.45) is 11.8 Å². The lowest BCUT2D eigenvalue weighted by Crippen LogP contribution is -2.10. The van der Waals surface area contributed by atoms with Gasteiger partial charge in [0.25, 0.3) is 0 Å². The van der Waals surface area contributed by atoms with Crippen LogP contribution in [0.5, 0.6) is 11.5 Å². The Morgan fingerprint density at radius 3 is 1.29 bits per heavy atom. The van der Waals surface area contributed by atoms with E-state index in [2.05, 4.69) is 65.8 Å². The van der Waals surface area contributed by atoms with Crippen molar-refractivity contribution >= 4 is 0 Å². The van der Waals surface area contributed by atoms with Gasteiger partial charge in [-0.15, -0.1) is 0 Å². The Bertz CT molecular complexity index is 907. The van der Waals surface area contributed by atoms with Gasteiger partial charge in [-0.2, -0.15) is 0 Å². The molecule has 0 spiro atoms. The van der Waals surface area contributed by atoms with E-state index in [0.29, 0.717) is 24.0 Å². The lowest BCUT2D eigenvalue weighted by Gasteiger charge is -2.17. The van der Waals surface area contributed by atoms with Crippen LogP contribution in [0.1, 0.15) is 85.8 Å². The van der Waals surface area contributed by atoms with Crippen LogP contribution in [0, 0.1) is 39.5 Å². The van der Waals surface area contributed by atoms with Crippen LogP contribution in [-0.4, -0.2) is 38.6 Å². The van der Waals surface area contributed by atoms with Gasteiger partial charge in [-0.05, 0) is 111 Å². The van der Waals surface area contributed by atoms with Gasteiger partial charge in [0.15, 0.2) is 0 Å². The maximum atomic E-state index is 6.24. The molecule has 0 saturated carbocycles. The van der Waals surface area contributed by atoms with Crippen LogP contribution in [0.4, 0.5) is 0 Å².